The molecule has 4 rings (SSSR count). The number of amides is 2. The number of carbonyl (C=O) groups is 2. The molecule has 3 heterocycles. The number of hydrogen-bond acceptors (Lipinski definition) is 7. The molecule has 0 bridgehead atoms. The lowest BCUT2D eigenvalue weighted by molar-refractivity contribution is -0.116. The summed E-state index contributed by atoms with van der Waals surface area (Å²) in [5.41, 5.74) is 1.12. The van der Waals surface area contributed by atoms with Crippen molar-refractivity contribution >= 4 is 56.9 Å². The van der Waals surface area contributed by atoms with Crippen LogP contribution in [0.25, 0.3) is 0 Å². The van der Waals surface area contributed by atoms with Crippen LogP contribution in [0.2, 0.25) is 5.02 Å². The zero-order chi connectivity index (χ0) is 22.3. The highest BCUT2D eigenvalue weighted by Gasteiger charge is 2.11. The van der Waals surface area contributed by atoms with Crippen LogP contribution in [0.3, 0.4) is 0 Å². The second kappa shape index (κ2) is 10.4. The number of ether oxygens (including phenoxy) is 1. The molecule has 7 nitrogen and oxygen atoms in total. The molecule has 1 aromatic carbocycles. The molecule has 0 unspecified atom stereocenters. The molecule has 2 amide bonds. The maximum atomic E-state index is 12.3. The Labute approximate surface area is 197 Å². The van der Waals surface area contributed by atoms with Crippen LogP contribution < -0.4 is 15.4 Å². The lowest BCUT2D eigenvalue weighted by atomic mass is 10.3. The van der Waals surface area contributed by atoms with E-state index in [2.05, 4.69) is 20.6 Å². The Bertz CT molecular complexity index is 1190. The first-order valence-corrected chi connectivity index (χ1v) is 11.6. The van der Waals surface area contributed by atoms with Gasteiger partial charge in [0.1, 0.15) is 5.75 Å². The third-order valence-corrected chi connectivity index (χ3v) is 6.05. The molecule has 0 aliphatic heterocycles. The lowest BCUT2D eigenvalue weighted by Crippen LogP contribution is -2.15. The maximum Gasteiger partial charge on any atom is 0.231 e. The summed E-state index contributed by atoms with van der Waals surface area (Å²) in [6.07, 6.45) is 1.90. The number of anilines is 2. The number of nitrogens with zero attached hydrogens (tertiary/aromatic N) is 2. The van der Waals surface area contributed by atoms with Crippen molar-refractivity contribution in [2.45, 2.75) is 12.8 Å². The van der Waals surface area contributed by atoms with Gasteiger partial charge in [0.15, 0.2) is 5.13 Å². The van der Waals surface area contributed by atoms with Crippen LogP contribution in [0.15, 0.2) is 65.5 Å². The smallest absolute Gasteiger partial charge is 0.231 e. The van der Waals surface area contributed by atoms with Crippen LogP contribution in [0.4, 0.5) is 10.8 Å². The average molecular weight is 485 g/mol. The molecule has 3 aromatic heterocycles. The summed E-state index contributed by atoms with van der Waals surface area (Å²) < 4.78 is 5.63. The van der Waals surface area contributed by atoms with Crippen molar-refractivity contribution in [1.29, 1.82) is 0 Å². The molecule has 0 saturated heterocycles. The summed E-state index contributed by atoms with van der Waals surface area (Å²) in [5.74, 6) is 0.637. The summed E-state index contributed by atoms with van der Waals surface area (Å²) in [7, 11) is 0. The highest BCUT2D eigenvalue weighted by molar-refractivity contribution is 7.14. The third-order valence-electron chi connectivity index (χ3n) is 4.11. The van der Waals surface area contributed by atoms with Crippen molar-refractivity contribution in [3.8, 4) is 11.6 Å². The first-order chi connectivity index (χ1) is 15.5. The summed E-state index contributed by atoms with van der Waals surface area (Å²) in [6.45, 7) is 0. The van der Waals surface area contributed by atoms with E-state index in [0.29, 0.717) is 39.6 Å². The Morgan fingerprint density at radius 3 is 2.50 bits per heavy atom. The molecule has 162 valence electrons. The van der Waals surface area contributed by atoms with Gasteiger partial charge in [0, 0.05) is 21.3 Å². The number of carbonyl (C=O) groups excluding carboxylic acids is 2. The van der Waals surface area contributed by atoms with Gasteiger partial charge in [0.25, 0.3) is 0 Å². The molecular weight excluding hydrogens is 468 g/mol. The monoisotopic (exact) mass is 484 g/mol. The van der Waals surface area contributed by atoms with E-state index in [9.17, 15) is 9.59 Å². The first-order valence-electron chi connectivity index (χ1n) is 9.49. The maximum absolute atomic E-state index is 12.3. The van der Waals surface area contributed by atoms with Crippen LogP contribution in [0, 0.1) is 0 Å². The largest absolute Gasteiger partial charge is 0.439 e. The molecule has 10 heteroatoms. The molecular formula is C22H17ClN4O3S2. The van der Waals surface area contributed by atoms with Crippen LogP contribution in [0.5, 0.6) is 11.6 Å². The SMILES string of the molecule is O=C(Cc1csc(NC(=O)Cc2cccs2)n1)Nc1ccc(Oc2ccc(Cl)cc2)nc1. The summed E-state index contributed by atoms with van der Waals surface area (Å²) in [5, 5.41) is 10.3. The van der Waals surface area contributed by atoms with Crippen molar-refractivity contribution in [2.24, 2.45) is 0 Å². The van der Waals surface area contributed by atoms with E-state index in [1.54, 1.807) is 41.8 Å². The van der Waals surface area contributed by atoms with E-state index >= 15 is 0 Å². The van der Waals surface area contributed by atoms with Gasteiger partial charge in [-0.05, 0) is 41.8 Å². The quantitative estimate of drug-likeness (QED) is 0.349. The molecule has 0 saturated carbocycles. The molecule has 0 radical (unpaired) electrons. The van der Waals surface area contributed by atoms with E-state index in [-0.39, 0.29) is 18.2 Å². The Morgan fingerprint density at radius 2 is 1.78 bits per heavy atom. The van der Waals surface area contributed by atoms with Gasteiger partial charge in [-0.1, -0.05) is 17.7 Å². The number of halogens is 1. The van der Waals surface area contributed by atoms with Gasteiger partial charge >= 0.3 is 0 Å². The van der Waals surface area contributed by atoms with E-state index in [4.69, 9.17) is 16.3 Å². The predicted octanol–water partition coefficient (Wildman–Crippen LogP) is 5.41. The summed E-state index contributed by atoms with van der Waals surface area (Å²) >= 11 is 8.67. The minimum atomic E-state index is -0.236. The van der Waals surface area contributed by atoms with Crippen molar-refractivity contribution in [3.05, 3.63) is 81.1 Å². The van der Waals surface area contributed by atoms with Gasteiger partial charge in [0.05, 0.1) is 30.4 Å². The van der Waals surface area contributed by atoms with Crippen molar-refractivity contribution < 1.29 is 14.3 Å². The minimum absolute atomic E-state index is 0.0837. The minimum Gasteiger partial charge on any atom is -0.439 e. The van der Waals surface area contributed by atoms with Gasteiger partial charge in [-0.15, -0.1) is 22.7 Å². The average Bonchev–Trinajstić information content (AvgIpc) is 3.43. The van der Waals surface area contributed by atoms with Crippen molar-refractivity contribution in [2.75, 3.05) is 10.6 Å². The summed E-state index contributed by atoms with van der Waals surface area (Å²) in [6, 6.07) is 14.1. The molecule has 0 aliphatic rings. The molecule has 0 fully saturated rings. The van der Waals surface area contributed by atoms with Crippen molar-refractivity contribution in [1.82, 2.24) is 9.97 Å². The Hall–Kier alpha value is -3.27. The van der Waals surface area contributed by atoms with Gasteiger partial charge in [0.2, 0.25) is 17.7 Å². The zero-order valence-electron chi connectivity index (χ0n) is 16.6. The Kier molecular flexibility index (Phi) is 7.10. The number of pyridine rings is 1. The number of rotatable bonds is 8. The summed E-state index contributed by atoms with van der Waals surface area (Å²) in [4.78, 5) is 33.9. The zero-order valence-corrected chi connectivity index (χ0v) is 19.0. The lowest BCUT2D eigenvalue weighted by Gasteiger charge is -2.07. The fourth-order valence-electron chi connectivity index (χ4n) is 2.69. The van der Waals surface area contributed by atoms with E-state index < -0.39 is 0 Å². The molecule has 0 atom stereocenters. The highest BCUT2D eigenvalue weighted by atomic mass is 35.5. The fraction of sp³-hybridized carbons (Fsp3) is 0.0909. The normalized spacial score (nSPS) is 10.5. The number of thiophene rings is 1. The molecule has 0 aliphatic carbocycles. The number of thiazole rings is 1. The van der Waals surface area contributed by atoms with Crippen LogP contribution in [-0.4, -0.2) is 21.8 Å². The third kappa shape index (κ3) is 6.36. The van der Waals surface area contributed by atoms with E-state index in [1.165, 1.54) is 28.9 Å². The van der Waals surface area contributed by atoms with Gasteiger partial charge in [-0.25, -0.2) is 9.97 Å². The van der Waals surface area contributed by atoms with Crippen LogP contribution >= 0.6 is 34.3 Å². The Balaban J connectivity index is 1.26. The van der Waals surface area contributed by atoms with E-state index in [0.717, 1.165) is 4.88 Å². The molecule has 2 N–H and O–H groups in total. The number of aromatic nitrogens is 2. The van der Waals surface area contributed by atoms with Crippen molar-refractivity contribution in [3.63, 3.8) is 0 Å². The predicted molar refractivity (Wildman–Crippen MR) is 127 cm³/mol. The first kappa shape index (κ1) is 21.9. The van der Waals surface area contributed by atoms with Gasteiger partial charge < -0.3 is 15.4 Å². The number of hydrogen-bond donors (Lipinski definition) is 2. The number of nitrogens with one attached hydrogen (secondary N) is 2. The molecule has 4 aromatic rings. The Morgan fingerprint density at radius 1 is 0.969 bits per heavy atom. The van der Waals surface area contributed by atoms with Crippen LogP contribution in [0.1, 0.15) is 10.6 Å². The molecule has 0 spiro atoms. The fourth-order valence-corrected chi connectivity index (χ4v) is 4.24. The second-order valence-corrected chi connectivity index (χ2v) is 8.94. The second-order valence-electron chi connectivity index (χ2n) is 6.61. The highest BCUT2D eigenvalue weighted by Crippen LogP contribution is 2.22. The van der Waals surface area contributed by atoms with Gasteiger partial charge in [-0.2, -0.15) is 0 Å². The van der Waals surface area contributed by atoms with Gasteiger partial charge in [-0.3, -0.25) is 9.59 Å². The molecule has 32 heavy (non-hydrogen) atoms. The standard InChI is InChI=1S/C22H17ClN4O3S2/c23-14-3-6-17(7-4-14)30-21-8-5-15(12-24-21)25-19(28)10-16-13-32-22(26-16)27-20(29)11-18-2-1-9-31-18/h1-9,12-13H,10-11H2,(H,25,28)(H,26,27,29). The van der Waals surface area contributed by atoms with E-state index in [1.807, 2.05) is 17.5 Å². The number of benzene rings is 1. The van der Waals surface area contributed by atoms with Crippen LogP contribution in [-0.2, 0) is 22.4 Å². The topological polar surface area (TPSA) is 93.2 Å².